The first-order valence-electron chi connectivity index (χ1n) is 9.72. The molecule has 1 fully saturated rings. The number of carbonyl (C=O) groups excluding carboxylic acids is 2. The van der Waals surface area contributed by atoms with E-state index in [2.05, 4.69) is 5.32 Å². The highest BCUT2D eigenvalue weighted by Gasteiger charge is 2.28. The third-order valence-corrected chi connectivity index (χ3v) is 7.10. The van der Waals surface area contributed by atoms with E-state index in [4.69, 9.17) is 14.2 Å². The fraction of sp³-hybridized carbons (Fsp3) is 0.333. The first kappa shape index (κ1) is 21.3. The van der Waals surface area contributed by atoms with Crippen molar-refractivity contribution in [3.63, 3.8) is 0 Å². The van der Waals surface area contributed by atoms with Gasteiger partial charge in [-0.2, -0.15) is 4.31 Å². The number of carbonyl (C=O) groups is 2. The van der Waals surface area contributed by atoms with Gasteiger partial charge in [0.15, 0.2) is 17.3 Å². The number of anilines is 1. The highest BCUT2D eigenvalue weighted by atomic mass is 32.2. The molecule has 164 valence electrons. The largest absolute Gasteiger partial charge is 0.454 e. The third-order valence-electron chi connectivity index (χ3n) is 5.20. The van der Waals surface area contributed by atoms with Crippen LogP contribution in [0.5, 0.6) is 11.5 Å². The Kier molecular flexibility index (Phi) is 5.69. The zero-order valence-corrected chi connectivity index (χ0v) is 18.0. The predicted octanol–water partition coefficient (Wildman–Crippen LogP) is 2.20. The summed E-state index contributed by atoms with van der Waals surface area (Å²) in [6, 6.07) is 7.48. The Morgan fingerprint density at radius 2 is 1.68 bits per heavy atom. The van der Waals surface area contributed by atoms with Gasteiger partial charge in [0, 0.05) is 30.3 Å². The standard InChI is InChI=1S/C21H22N2O7S/c1-13-3-4-15(31(26,27)23-5-7-28-8-6-23)9-16(13)21(25)22-18-11-20-19(29-12-30-20)10-17(18)14(2)24/h3-4,9-11H,5-8,12H2,1-2H3,(H,22,25). The molecule has 2 heterocycles. The predicted molar refractivity (Wildman–Crippen MR) is 111 cm³/mol. The lowest BCUT2D eigenvalue weighted by atomic mass is 10.1. The lowest BCUT2D eigenvalue weighted by Gasteiger charge is -2.26. The Hall–Kier alpha value is -2.95. The monoisotopic (exact) mass is 446 g/mol. The zero-order chi connectivity index (χ0) is 22.2. The molecule has 2 aliphatic rings. The molecule has 4 rings (SSSR count). The van der Waals surface area contributed by atoms with Gasteiger partial charge in [0.25, 0.3) is 5.91 Å². The summed E-state index contributed by atoms with van der Waals surface area (Å²) in [6.07, 6.45) is 0. The van der Waals surface area contributed by atoms with Crippen molar-refractivity contribution in [2.24, 2.45) is 0 Å². The fourth-order valence-corrected chi connectivity index (χ4v) is 4.90. The van der Waals surface area contributed by atoms with E-state index in [9.17, 15) is 18.0 Å². The number of aryl methyl sites for hydroxylation is 1. The highest BCUT2D eigenvalue weighted by molar-refractivity contribution is 7.89. The van der Waals surface area contributed by atoms with Crippen molar-refractivity contribution in [1.29, 1.82) is 0 Å². The molecule has 0 aromatic heterocycles. The first-order chi connectivity index (χ1) is 14.8. The number of ketones is 1. The maximum Gasteiger partial charge on any atom is 0.255 e. The molecule has 10 heteroatoms. The Morgan fingerprint density at radius 1 is 1.00 bits per heavy atom. The molecule has 0 aliphatic carbocycles. The zero-order valence-electron chi connectivity index (χ0n) is 17.1. The van der Waals surface area contributed by atoms with Crippen LogP contribution in [0.4, 0.5) is 5.69 Å². The van der Waals surface area contributed by atoms with Gasteiger partial charge in [0.1, 0.15) is 0 Å². The third kappa shape index (κ3) is 4.14. The number of amides is 1. The van der Waals surface area contributed by atoms with Gasteiger partial charge in [0.05, 0.1) is 23.8 Å². The van der Waals surface area contributed by atoms with Gasteiger partial charge in [-0.25, -0.2) is 8.42 Å². The maximum absolute atomic E-state index is 13.0. The molecule has 9 nitrogen and oxygen atoms in total. The summed E-state index contributed by atoms with van der Waals surface area (Å²) in [5.41, 5.74) is 1.33. The van der Waals surface area contributed by atoms with E-state index in [0.717, 1.165) is 0 Å². The number of hydrogen-bond acceptors (Lipinski definition) is 7. The van der Waals surface area contributed by atoms with Crippen LogP contribution in [0.1, 0.15) is 33.2 Å². The molecule has 0 bridgehead atoms. The number of nitrogens with zero attached hydrogens (tertiary/aromatic N) is 1. The van der Waals surface area contributed by atoms with E-state index in [1.54, 1.807) is 13.0 Å². The molecule has 0 saturated carbocycles. The number of morpholine rings is 1. The number of hydrogen-bond donors (Lipinski definition) is 1. The van der Waals surface area contributed by atoms with Gasteiger partial charge in [-0.05, 0) is 37.6 Å². The molecule has 0 atom stereocenters. The average Bonchev–Trinajstić information content (AvgIpc) is 3.21. The molecule has 1 saturated heterocycles. The van der Waals surface area contributed by atoms with E-state index in [-0.39, 0.29) is 47.4 Å². The Labute approximate surface area is 179 Å². The van der Waals surface area contributed by atoms with Crippen LogP contribution in [0, 0.1) is 6.92 Å². The van der Waals surface area contributed by atoms with Gasteiger partial charge in [0.2, 0.25) is 16.8 Å². The summed E-state index contributed by atoms with van der Waals surface area (Å²) in [5, 5.41) is 2.71. The second kappa shape index (κ2) is 8.29. The van der Waals surface area contributed by atoms with Gasteiger partial charge in [-0.3, -0.25) is 9.59 Å². The van der Waals surface area contributed by atoms with E-state index >= 15 is 0 Å². The number of ether oxygens (including phenoxy) is 3. The van der Waals surface area contributed by atoms with Gasteiger partial charge < -0.3 is 19.5 Å². The van der Waals surface area contributed by atoms with Crippen molar-refractivity contribution in [1.82, 2.24) is 4.31 Å². The highest BCUT2D eigenvalue weighted by Crippen LogP contribution is 2.37. The topological polar surface area (TPSA) is 111 Å². The van der Waals surface area contributed by atoms with Crippen LogP contribution in [0.25, 0.3) is 0 Å². The molecule has 2 aromatic carbocycles. The Balaban J connectivity index is 1.65. The Bertz CT molecular complexity index is 1150. The number of fused-ring (bicyclic) bond motifs is 1. The summed E-state index contributed by atoms with van der Waals surface area (Å²) >= 11 is 0. The summed E-state index contributed by atoms with van der Waals surface area (Å²) in [5.74, 6) is 0.0607. The number of sulfonamides is 1. The van der Waals surface area contributed by atoms with Gasteiger partial charge >= 0.3 is 0 Å². The number of Topliss-reactive ketones (excluding diaryl/α,β-unsaturated/α-hetero) is 1. The Morgan fingerprint density at radius 3 is 2.35 bits per heavy atom. The van der Waals surface area contributed by atoms with Crippen LogP contribution in [0.15, 0.2) is 35.2 Å². The maximum atomic E-state index is 13.0. The molecule has 0 unspecified atom stereocenters. The SMILES string of the molecule is CC(=O)c1cc2c(cc1NC(=O)c1cc(S(=O)(=O)N3CCOCC3)ccc1C)OCO2. The summed E-state index contributed by atoms with van der Waals surface area (Å²) in [7, 11) is -3.75. The quantitative estimate of drug-likeness (QED) is 0.701. The number of rotatable bonds is 5. The lowest BCUT2D eigenvalue weighted by molar-refractivity contribution is 0.0730. The van der Waals surface area contributed by atoms with Crippen LogP contribution in [-0.4, -0.2) is 57.5 Å². The minimum atomic E-state index is -3.75. The molecule has 2 aromatic rings. The molecular weight excluding hydrogens is 424 g/mol. The molecule has 0 radical (unpaired) electrons. The second-order valence-corrected chi connectivity index (χ2v) is 9.19. The fourth-order valence-electron chi connectivity index (χ4n) is 3.47. The van der Waals surface area contributed by atoms with Crippen LogP contribution in [-0.2, 0) is 14.8 Å². The van der Waals surface area contributed by atoms with Crippen molar-refractivity contribution in [3.05, 3.63) is 47.0 Å². The van der Waals surface area contributed by atoms with Crippen LogP contribution in [0.3, 0.4) is 0 Å². The van der Waals surface area contributed by atoms with E-state index in [0.29, 0.717) is 30.3 Å². The summed E-state index contributed by atoms with van der Waals surface area (Å²) < 4.78 is 43.1. The summed E-state index contributed by atoms with van der Waals surface area (Å²) in [6.45, 7) is 4.31. The van der Waals surface area contributed by atoms with Crippen molar-refractivity contribution in [2.45, 2.75) is 18.7 Å². The van der Waals surface area contributed by atoms with Crippen molar-refractivity contribution >= 4 is 27.4 Å². The minimum Gasteiger partial charge on any atom is -0.454 e. The number of nitrogens with one attached hydrogen (secondary N) is 1. The molecule has 0 spiro atoms. The van der Waals surface area contributed by atoms with Crippen molar-refractivity contribution in [2.75, 3.05) is 38.4 Å². The second-order valence-electron chi connectivity index (χ2n) is 7.25. The van der Waals surface area contributed by atoms with E-state index in [1.165, 1.54) is 35.5 Å². The summed E-state index contributed by atoms with van der Waals surface area (Å²) in [4.78, 5) is 25.1. The van der Waals surface area contributed by atoms with Crippen LogP contribution >= 0.6 is 0 Å². The average molecular weight is 446 g/mol. The normalized spacial score (nSPS) is 16.2. The molecule has 1 amide bonds. The molecular formula is C21H22N2O7S. The number of benzene rings is 2. The molecule has 2 aliphatic heterocycles. The van der Waals surface area contributed by atoms with Crippen molar-refractivity contribution in [3.8, 4) is 11.5 Å². The molecule has 1 N–H and O–H groups in total. The molecule has 31 heavy (non-hydrogen) atoms. The van der Waals surface area contributed by atoms with E-state index in [1.807, 2.05) is 0 Å². The first-order valence-corrected chi connectivity index (χ1v) is 11.2. The van der Waals surface area contributed by atoms with Crippen molar-refractivity contribution < 1.29 is 32.2 Å². The minimum absolute atomic E-state index is 0.0302. The van der Waals surface area contributed by atoms with Gasteiger partial charge in [-0.15, -0.1) is 0 Å². The van der Waals surface area contributed by atoms with Crippen LogP contribution in [0.2, 0.25) is 0 Å². The van der Waals surface area contributed by atoms with E-state index < -0.39 is 15.9 Å². The lowest BCUT2D eigenvalue weighted by Crippen LogP contribution is -2.40. The smallest absolute Gasteiger partial charge is 0.255 e. The van der Waals surface area contributed by atoms with Crippen LogP contribution < -0.4 is 14.8 Å². The van der Waals surface area contributed by atoms with Gasteiger partial charge in [-0.1, -0.05) is 6.07 Å².